The van der Waals surface area contributed by atoms with Gasteiger partial charge < -0.3 is 4.74 Å². The summed E-state index contributed by atoms with van der Waals surface area (Å²) < 4.78 is 6.07. The van der Waals surface area contributed by atoms with E-state index in [1.807, 2.05) is 18.2 Å². The number of nitrogens with zero attached hydrogens (tertiary/aromatic N) is 2. The van der Waals surface area contributed by atoms with Gasteiger partial charge in [-0.3, -0.25) is 4.98 Å². The molecule has 1 aromatic carbocycles. The standard InChI is InChI=1S/C22H23ClN2O/c1-22(11-6-12-26-22)21-18(14-24)20(15-7-5-8-16(23)13-15)17-9-3-2-4-10-19(17)25-21/h5,7-8,13H,2-4,6,9-12H2,1H3. The molecule has 2 heterocycles. The van der Waals surface area contributed by atoms with E-state index in [1.54, 1.807) is 0 Å². The van der Waals surface area contributed by atoms with Crippen molar-refractivity contribution in [2.45, 2.75) is 57.5 Å². The minimum absolute atomic E-state index is 0.472. The second-order valence-electron chi connectivity index (χ2n) is 7.50. The Balaban J connectivity index is 2.02. The predicted octanol–water partition coefficient (Wildman–Crippen LogP) is 5.57. The predicted molar refractivity (Wildman–Crippen MR) is 103 cm³/mol. The van der Waals surface area contributed by atoms with Crippen LogP contribution in [-0.4, -0.2) is 11.6 Å². The molecule has 1 fully saturated rings. The fraction of sp³-hybridized carbons (Fsp3) is 0.455. The summed E-state index contributed by atoms with van der Waals surface area (Å²) in [5.41, 5.74) is 5.41. The molecule has 0 N–H and O–H groups in total. The van der Waals surface area contributed by atoms with Gasteiger partial charge in [0.25, 0.3) is 0 Å². The molecule has 1 aliphatic heterocycles. The average Bonchev–Trinajstić information content (AvgIpc) is 2.95. The third-order valence-electron chi connectivity index (χ3n) is 5.67. The summed E-state index contributed by atoms with van der Waals surface area (Å²) in [4.78, 5) is 5.03. The molecule has 0 saturated carbocycles. The molecule has 0 amide bonds. The molecule has 4 heteroatoms. The Labute approximate surface area is 160 Å². The van der Waals surface area contributed by atoms with Gasteiger partial charge in [0.1, 0.15) is 11.7 Å². The number of aromatic nitrogens is 1. The Bertz CT molecular complexity index is 878. The number of rotatable bonds is 2. The zero-order valence-electron chi connectivity index (χ0n) is 15.1. The van der Waals surface area contributed by atoms with E-state index in [2.05, 4.69) is 19.1 Å². The third kappa shape index (κ3) is 3.02. The number of hydrogen-bond donors (Lipinski definition) is 0. The Morgan fingerprint density at radius 1 is 1.19 bits per heavy atom. The van der Waals surface area contributed by atoms with Crippen molar-refractivity contribution in [3.05, 3.63) is 51.8 Å². The second-order valence-corrected chi connectivity index (χ2v) is 7.94. The quantitative estimate of drug-likeness (QED) is 0.653. The monoisotopic (exact) mass is 366 g/mol. The summed E-state index contributed by atoms with van der Waals surface area (Å²) in [6.45, 7) is 2.81. The van der Waals surface area contributed by atoms with Crippen LogP contribution in [0.25, 0.3) is 11.1 Å². The first kappa shape index (κ1) is 17.5. The van der Waals surface area contributed by atoms with E-state index >= 15 is 0 Å². The number of pyridine rings is 1. The van der Waals surface area contributed by atoms with Crippen molar-refractivity contribution in [3.8, 4) is 17.2 Å². The lowest BCUT2D eigenvalue weighted by atomic mass is 9.85. The molecule has 0 radical (unpaired) electrons. The lowest BCUT2D eigenvalue weighted by Gasteiger charge is -2.27. The smallest absolute Gasteiger partial charge is 0.109 e. The van der Waals surface area contributed by atoms with Gasteiger partial charge in [-0.2, -0.15) is 5.26 Å². The lowest BCUT2D eigenvalue weighted by molar-refractivity contribution is 0.0129. The number of hydrogen-bond acceptors (Lipinski definition) is 3. The molecule has 0 spiro atoms. The van der Waals surface area contributed by atoms with E-state index < -0.39 is 5.60 Å². The molecule has 1 aromatic heterocycles. The Kier molecular flexibility index (Phi) is 4.73. The fourth-order valence-corrected chi connectivity index (χ4v) is 4.53. The van der Waals surface area contributed by atoms with Crippen LogP contribution >= 0.6 is 11.6 Å². The minimum atomic E-state index is -0.472. The number of benzene rings is 1. The molecule has 0 bridgehead atoms. The van der Waals surface area contributed by atoms with Gasteiger partial charge in [0.05, 0.1) is 11.3 Å². The fourth-order valence-electron chi connectivity index (χ4n) is 4.34. The van der Waals surface area contributed by atoms with E-state index in [4.69, 9.17) is 21.3 Å². The van der Waals surface area contributed by atoms with Crippen LogP contribution < -0.4 is 0 Å². The summed E-state index contributed by atoms with van der Waals surface area (Å²) in [6.07, 6.45) is 7.35. The van der Waals surface area contributed by atoms with Crippen LogP contribution in [0.5, 0.6) is 0 Å². The van der Waals surface area contributed by atoms with Crippen molar-refractivity contribution in [3.63, 3.8) is 0 Å². The van der Waals surface area contributed by atoms with E-state index in [1.165, 1.54) is 12.0 Å². The SMILES string of the molecule is CC1(c2nc3c(c(-c4cccc(Cl)c4)c2C#N)CCCCC3)CCCO1. The van der Waals surface area contributed by atoms with E-state index in [-0.39, 0.29) is 0 Å². The summed E-state index contributed by atoms with van der Waals surface area (Å²) in [7, 11) is 0. The van der Waals surface area contributed by atoms with Gasteiger partial charge in [0.2, 0.25) is 0 Å². The number of nitriles is 1. The summed E-state index contributed by atoms with van der Waals surface area (Å²) in [6, 6.07) is 10.3. The molecule has 1 atom stereocenters. The van der Waals surface area contributed by atoms with Crippen LogP contribution in [-0.2, 0) is 23.2 Å². The van der Waals surface area contributed by atoms with Gasteiger partial charge in [0, 0.05) is 22.9 Å². The van der Waals surface area contributed by atoms with Crippen molar-refractivity contribution in [1.29, 1.82) is 5.26 Å². The van der Waals surface area contributed by atoms with Gasteiger partial charge in [-0.15, -0.1) is 0 Å². The maximum atomic E-state index is 10.1. The first-order valence-corrected chi connectivity index (χ1v) is 9.86. The molecule has 2 aliphatic rings. The number of ether oxygens (including phenoxy) is 1. The maximum absolute atomic E-state index is 10.1. The maximum Gasteiger partial charge on any atom is 0.109 e. The van der Waals surface area contributed by atoms with Crippen molar-refractivity contribution in [1.82, 2.24) is 4.98 Å². The first-order chi connectivity index (χ1) is 12.6. The largest absolute Gasteiger partial charge is 0.369 e. The van der Waals surface area contributed by atoms with Crippen LogP contribution in [0.1, 0.15) is 61.5 Å². The van der Waals surface area contributed by atoms with Crippen LogP contribution in [0.3, 0.4) is 0 Å². The zero-order valence-corrected chi connectivity index (χ0v) is 15.9. The second kappa shape index (κ2) is 7.02. The van der Waals surface area contributed by atoms with E-state index in [9.17, 15) is 5.26 Å². The van der Waals surface area contributed by atoms with Gasteiger partial charge in [0.15, 0.2) is 0 Å². The van der Waals surface area contributed by atoms with Gasteiger partial charge in [-0.05, 0) is 68.7 Å². The normalized spacial score (nSPS) is 22.5. The van der Waals surface area contributed by atoms with Gasteiger partial charge in [-0.25, -0.2) is 0 Å². The van der Waals surface area contributed by atoms with Gasteiger partial charge in [-0.1, -0.05) is 30.2 Å². The van der Waals surface area contributed by atoms with Crippen LogP contribution in [0.15, 0.2) is 24.3 Å². The summed E-state index contributed by atoms with van der Waals surface area (Å²) in [5, 5.41) is 10.8. The van der Waals surface area contributed by atoms with Crippen molar-refractivity contribution >= 4 is 11.6 Å². The Morgan fingerprint density at radius 3 is 2.77 bits per heavy atom. The highest BCUT2D eigenvalue weighted by atomic mass is 35.5. The summed E-state index contributed by atoms with van der Waals surface area (Å²) in [5.74, 6) is 0. The van der Waals surface area contributed by atoms with Crippen molar-refractivity contribution in [2.75, 3.05) is 6.61 Å². The highest BCUT2D eigenvalue weighted by molar-refractivity contribution is 6.30. The number of fused-ring (bicyclic) bond motifs is 1. The molecule has 4 rings (SSSR count). The number of halogens is 1. The Morgan fingerprint density at radius 2 is 2.04 bits per heavy atom. The average molecular weight is 367 g/mol. The minimum Gasteiger partial charge on any atom is -0.369 e. The van der Waals surface area contributed by atoms with Crippen molar-refractivity contribution in [2.24, 2.45) is 0 Å². The van der Waals surface area contributed by atoms with Crippen molar-refractivity contribution < 1.29 is 4.74 Å². The Hall–Kier alpha value is -1.89. The zero-order chi connectivity index (χ0) is 18.1. The van der Waals surface area contributed by atoms with Gasteiger partial charge >= 0.3 is 0 Å². The molecule has 134 valence electrons. The molecule has 26 heavy (non-hydrogen) atoms. The molecular formula is C22H23ClN2O. The molecular weight excluding hydrogens is 344 g/mol. The number of aryl methyl sites for hydroxylation is 1. The van der Waals surface area contributed by atoms with Crippen LogP contribution in [0, 0.1) is 11.3 Å². The third-order valence-corrected chi connectivity index (χ3v) is 5.90. The topological polar surface area (TPSA) is 45.9 Å². The summed E-state index contributed by atoms with van der Waals surface area (Å²) >= 11 is 6.28. The highest BCUT2D eigenvalue weighted by Crippen LogP contribution is 2.42. The van der Waals surface area contributed by atoms with E-state index in [0.717, 1.165) is 67.6 Å². The molecule has 2 aromatic rings. The molecule has 1 unspecified atom stereocenters. The molecule has 1 aliphatic carbocycles. The van der Waals surface area contributed by atoms with Crippen LogP contribution in [0.4, 0.5) is 0 Å². The molecule has 3 nitrogen and oxygen atoms in total. The first-order valence-electron chi connectivity index (χ1n) is 9.48. The van der Waals surface area contributed by atoms with Crippen LogP contribution in [0.2, 0.25) is 5.02 Å². The highest BCUT2D eigenvalue weighted by Gasteiger charge is 2.38. The lowest BCUT2D eigenvalue weighted by Crippen LogP contribution is -2.25. The molecule has 1 saturated heterocycles. The van der Waals surface area contributed by atoms with E-state index in [0.29, 0.717) is 10.6 Å².